The molecule has 0 aliphatic heterocycles. The minimum absolute atomic E-state index is 0.0341. The molecule has 0 spiro atoms. The maximum atomic E-state index is 11.9. The maximum Gasteiger partial charge on any atom is 0.325 e. The van der Waals surface area contributed by atoms with Gasteiger partial charge in [-0.2, -0.15) is 0 Å². The number of benzene rings is 3. The highest BCUT2D eigenvalue weighted by Crippen LogP contribution is 2.40. The van der Waals surface area contributed by atoms with Crippen LogP contribution in [0.5, 0.6) is 5.75 Å². The van der Waals surface area contributed by atoms with E-state index in [1.165, 1.54) is 6.07 Å². The predicted octanol–water partition coefficient (Wildman–Crippen LogP) is 4.13. The number of aromatic amines is 2. The molecule has 0 saturated heterocycles. The highest BCUT2D eigenvalue weighted by atomic mass is 32.2. The van der Waals surface area contributed by atoms with E-state index in [-0.39, 0.29) is 11.7 Å². The fraction of sp³-hybridized carbons (Fsp3) is 0.111. The average Bonchev–Trinajstić information content (AvgIpc) is 3.29. The zero-order chi connectivity index (χ0) is 24.9. The largest absolute Gasteiger partial charge is 0.497 e. The van der Waals surface area contributed by atoms with Gasteiger partial charge < -0.3 is 9.72 Å². The van der Waals surface area contributed by atoms with E-state index in [9.17, 15) is 9.59 Å². The van der Waals surface area contributed by atoms with Gasteiger partial charge in [-0.25, -0.2) is 4.79 Å². The van der Waals surface area contributed by atoms with Crippen LogP contribution in [-0.2, 0) is 6.42 Å². The van der Waals surface area contributed by atoms with Crippen LogP contribution in [0.15, 0.2) is 106 Å². The van der Waals surface area contributed by atoms with Crippen LogP contribution in [-0.4, -0.2) is 31.8 Å². The maximum absolute atomic E-state index is 11.9. The summed E-state index contributed by atoms with van der Waals surface area (Å²) >= 11 is 1.58. The first kappa shape index (κ1) is 23.4. The van der Waals surface area contributed by atoms with Crippen molar-refractivity contribution in [1.82, 2.24) is 24.7 Å². The van der Waals surface area contributed by atoms with E-state index in [2.05, 4.69) is 44.4 Å². The molecule has 0 amide bonds. The second-order valence-corrected chi connectivity index (χ2v) is 9.12. The van der Waals surface area contributed by atoms with Crippen LogP contribution in [0, 0.1) is 0 Å². The van der Waals surface area contributed by atoms with Gasteiger partial charge in [0, 0.05) is 24.2 Å². The number of aromatic nitrogens is 5. The van der Waals surface area contributed by atoms with Gasteiger partial charge in [-0.15, -0.1) is 10.2 Å². The summed E-state index contributed by atoms with van der Waals surface area (Å²) in [4.78, 5) is 28.6. The monoisotopic (exact) mass is 497 g/mol. The smallest absolute Gasteiger partial charge is 0.325 e. The lowest BCUT2D eigenvalue weighted by Crippen LogP contribution is -2.23. The van der Waals surface area contributed by atoms with Gasteiger partial charge >= 0.3 is 5.69 Å². The topological polar surface area (TPSA) is 106 Å². The minimum Gasteiger partial charge on any atom is -0.497 e. The molecule has 0 aliphatic rings. The molecular formula is C27H23N5O3S. The summed E-state index contributed by atoms with van der Waals surface area (Å²) < 4.78 is 7.38. The molecule has 0 saturated carbocycles. The predicted molar refractivity (Wildman–Crippen MR) is 139 cm³/mol. The Hall–Kier alpha value is -4.37. The summed E-state index contributed by atoms with van der Waals surface area (Å²) in [6, 6.07) is 29.4. The number of nitrogens with one attached hydrogen (secondary N) is 2. The average molecular weight is 498 g/mol. The summed E-state index contributed by atoms with van der Waals surface area (Å²) in [6.45, 7) is 0. The van der Waals surface area contributed by atoms with Crippen molar-refractivity contribution < 1.29 is 4.74 Å². The quantitative estimate of drug-likeness (QED) is 0.313. The van der Waals surface area contributed by atoms with E-state index in [0.29, 0.717) is 22.4 Å². The first-order valence-electron chi connectivity index (χ1n) is 11.3. The molecule has 180 valence electrons. The molecule has 0 atom stereocenters. The third-order valence-electron chi connectivity index (χ3n) is 5.60. The zero-order valence-corrected chi connectivity index (χ0v) is 20.2. The number of hydrogen-bond acceptors (Lipinski definition) is 6. The van der Waals surface area contributed by atoms with Gasteiger partial charge in [0.05, 0.1) is 18.0 Å². The van der Waals surface area contributed by atoms with Crippen LogP contribution >= 0.6 is 11.8 Å². The van der Waals surface area contributed by atoms with Gasteiger partial charge in [0.15, 0.2) is 5.16 Å². The number of ether oxygens (including phenoxy) is 1. The molecule has 36 heavy (non-hydrogen) atoms. The van der Waals surface area contributed by atoms with Crippen molar-refractivity contribution in [3.8, 4) is 11.4 Å². The van der Waals surface area contributed by atoms with Crippen molar-refractivity contribution in [1.29, 1.82) is 0 Å². The van der Waals surface area contributed by atoms with Gasteiger partial charge in [-0.3, -0.25) is 14.3 Å². The molecular weight excluding hydrogens is 474 g/mol. The van der Waals surface area contributed by atoms with Crippen LogP contribution < -0.4 is 16.0 Å². The first-order valence-corrected chi connectivity index (χ1v) is 12.2. The summed E-state index contributed by atoms with van der Waals surface area (Å²) in [5.41, 5.74) is 2.49. The van der Waals surface area contributed by atoms with Crippen LogP contribution in [0.2, 0.25) is 0 Å². The van der Waals surface area contributed by atoms with Gasteiger partial charge in [0.2, 0.25) is 0 Å². The van der Waals surface area contributed by atoms with E-state index in [1.807, 2.05) is 65.2 Å². The van der Waals surface area contributed by atoms with Crippen molar-refractivity contribution in [3.63, 3.8) is 0 Å². The van der Waals surface area contributed by atoms with E-state index < -0.39 is 11.2 Å². The third-order valence-corrected chi connectivity index (χ3v) is 6.86. The Morgan fingerprint density at radius 1 is 0.861 bits per heavy atom. The lowest BCUT2D eigenvalue weighted by atomic mass is 10.0. The highest BCUT2D eigenvalue weighted by Gasteiger charge is 2.22. The molecule has 2 N–H and O–H groups in total. The molecule has 8 nitrogen and oxygen atoms in total. The molecule has 2 heterocycles. The van der Waals surface area contributed by atoms with Gasteiger partial charge in [-0.1, -0.05) is 78.5 Å². The Bertz CT molecular complexity index is 1510. The molecule has 2 aromatic heterocycles. The molecule has 0 bridgehead atoms. The number of H-pyrrole nitrogens is 2. The van der Waals surface area contributed by atoms with Crippen molar-refractivity contribution in [2.24, 2.45) is 0 Å². The molecule has 3 aromatic carbocycles. The van der Waals surface area contributed by atoms with Gasteiger partial charge in [-0.05, 0) is 23.3 Å². The van der Waals surface area contributed by atoms with Crippen LogP contribution in [0.1, 0.15) is 27.9 Å². The Morgan fingerprint density at radius 3 is 2.19 bits per heavy atom. The summed E-state index contributed by atoms with van der Waals surface area (Å²) in [7, 11) is 1.61. The van der Waals surface area contributed by atoms with Crippen LogP contribution in [0.25, 0.3) is 5.69 Å². The summed E-state index contributed by atoms with van der Waals surface area (Å²) in [6.07, 6.45) is 0.214. The molecule has 5 aromatic rings. The highest BCUT2D eigenvalue weighted by molar-refractivity contribution is 7.99. The third kappa shape index (κ3) is 5.16. The lowest BCUT2D eigenvalue weighted by molar-refractivity contribution is 0.414. The van der Waals surface area contributed by atoms with E-state index in [4.69, 9.17) is 4.74 Å². The van der Waals surface area contributed by atoms with Crippen molar-refractivity contribution in [3.05, 3.63) is 134 Å². The summed E-state index contributed by atoms with van der Waals surface area (Å²) in [5.74, 6) is 1.27. The minimum atomic E-state index is -0.562. The fourth-order valence-corrected chi connectivity index (χ4v) is 5.18. The first-order chi connectivity index (χ1) is 17.6. The van der Waals surface area contributed by atoms with Crippen LogP contribution in [0.3, 0.4) is 0 Å². The van der Waals surface area contributed by atoms with Crippen molar-refractivity contribution >= 4 is 11.8 Å². The second-order valence-electron chi connectivity index (χ2n) is 8.04. The molecule has 0 unspecified atom stereocenters. The van der Waals surface area contributed by atoms with E-state index >= 15 is 0 Å². The summed E-state index contributed by atoms with van der Waals surface area (Å²) in [5, 5.41) is 9.63. The molecule has 0 fully saturated rings. The van der Waals surface area contributed by atoms with Gasteiger partial charge in [0.1, 0.15) is 11.6 Å². The van der Waals surface area contributed by atoms with E-state index in [0.717, 1.165) is 16.8 Å². The Kier molecular flexibility index (Phi) is 6.81. The number of thioether (sulfide) groups is 1. The molecule has 0 aliphatic carbocycles. The number of nitrogens with zero attached hydrogens (tertiary/aromatic N) is 3. The standard InChI is InChI=1S/C27H23N5O3S/c1-35-22-14-8-13-21(17-22)32-23(15-20-16-24(33)29-26(34)28-20)30-31-27(32)36-25(18-9-4-2-5-10-18)19-11-6-3-7-12-19/h2-14,16-17,25H,15H2,1H3,(H2,28,29,33,34). The van der Waals surface area contributed by atoms with Crippen molar-refractivity contribution in [2.75, 3.05) is 7.11 Å². The lowest BCUT2D eigenvalue weighted by Gasteiger charge is -2.18. The van der Waals surface area contributed by atoms with Crippen LogP contribution in [0.4, 0.5) is 0 Å². The number of hydrogen-bond donors (Lipinski definition) is 2. The Balaban J connectivity index is 1.62. The fourth-order valence-electron chi connectivity index (χ4n) is 3.97. The van der Waals surface area contributed by atoms with Crippen molar-refractivity contribution in [2.45, 2.75) is 16.8 Å². The molecule has 9 heteroatoms. The van der Waals surface area contributed by atoms with Gasteiger partial charge in [0.25, 0.3) is 5.56 Å². The zero-order valence-electron chi connectivity index (χ0n) is 19.4. The second kappa shape index (κ2) is 10.5. The Labute approximate surface area is 211 Å². The molecule has 5 rings (SSSR count). The van der Waals surface area contributed by atoms with E-state index in [1.54, 1.807) is 18.9 Å². The Morgan fingerprint density at radius 2 is 1.56 bits per heavy atom. The SMILES string of the molecule is COc1cccc(-n2c(Cc3cc(=O)[nH]c(=O)[nH]3)nnc2SC(c2ccccc2)c2ccccc2)c1. The normalized spacial score (nSPS) is 11.1. The number of methoxy groups -OCH3 is 1. The number of rotatable bonds is 8. The molecule has 0 radical (unpaired) electrons.